The number of fused-ring (bicyclic) bond motifs is 2. The molecule has 7 nitrogen and oxygen atoms in total. The predicted octanol–water partition coefficient (Wildman–Crippen LogP) is 3.64. The summed E-state index contributed by atoms with van der Waals surface area (Å²) in [6, 6.07) is 13.6. The average Bonchev–Trinajstić information content (AvgIpc) is 3.33. The lowest BCUT2D eigenvalue weighted by Crippen LogP contribution is -2.12. The van der Waals surface area contributed by atoms with Crippen molar-refractivity contribution < 1.29 is 8.42 Å². The molecule has 0 amide bonds. The van der Waals surface area contributed by atoms with Crippen LogP contribution in [-0.4, -0.2) is 32.2 Å². The number of halogens is 1. The van der Waals surface area contributed by atoms with Gasteiger partial charge in [-0.3, -0.25) is 0 Å². The minimum Gasteiger partial charge on any atom is -0.236 e. The van der Waals surface area contributed by atoms with Gasteiger partial charge in [-0.1, -0.05) is 29.8 Å². The normalized spacial score (nSPS) is 12.0. The fourth-order valence-corrected chi connectivity index (χ4v) is 4.81. The molecule has 5 rings (SSSR count). The number of benzene rings is 1. The Hall–Kier alpha value is -3.23. The molecule has 138 valence electrons. The van der Waals surface area contributed by atoms with E-state index in [1.165, 1.54) is 21.0 Å². The molecule has 1 aromatic carbocycles. The third-order valence-electron chi connectivity index (χ3n) is 4.51. The van der Waals surface area contributed by atoms with Crippen LogP contribution in [0.1, 0.15) is 0 Å². The maximum atomic E-state index is 13.1. The number of nitrogens with zero attached hydrogens (tertiary/aromatic N) is 5. The molecule has 0 aliphatic heterocycles. The summed E-state index contributed by atoms with van der Waals surface area (Å²) in [5.74, 6) is 0. The zero-order valence-corrected chi connectivity index (χ0v) is 15.8. The van der Waals surface area contributed by atoms with E-state index in [-0.39, 0.29) is 4.90 Å². The molecule has 0 spiro atoms. The summed E-state index contributed by atoms with van der Waals surface area (Å²) in [6.07, 6.45) is 6.24. The summed E-state index contributed by atoms with van der Waals surface area (Å²) in [5, 5.41) is 9.43. The Kier molecular flexibility index (Phi) is 3.71. The Labute approximate surface area is 164 Å². The van der Waals surface area contributed by atoms with E-state index in [0.29, 0.717) is 21.6 Å². The lowest BCUT2D eigenvalue weighted by Gasteiger charge is -2.09. The topological polar surface area (TPSA) is 82.2 Å². The van der Waals surface area contributed by atoms with Crippen molar-refractivity contribution in [1.29, 1.82) is 0 Å². The summed E-state index contributed by atoms with van der Waals surface area (Å²) in [4.78, 5) is 4.48. The lowest BCUT2D eigenvalue weighted by molar-refractivity contribution is 0.589. The van der Waals surface area contributed by atoms with E-state index in [0.717, 1.165) is 11.1 Å². The van der Waals surface area contributed by atoms with Crippen LogP contribution < -0.4 is 0 Å². The van der Waals surface area contributed by atoms with E-state index in [2.05, 4.69) is 15.2 Å². The quantitative estimate of drug-likeness (QED) is 0.454. The minimum atomic E-state index is -3.79. The highest BCUT2D eigenvalue weighted by Crippen LogP contribution is 2.37. The molecule has 0 radical (unpaired) electrons. The first-order valence-corrected chi connectivity index (χ1v) is 10.1. The average molecular weight is 410 g/mol. The molecule has 4 aromatic heterocycles. The molecular formula is C19H12ClN5O2S. The number of hydrogen-bond acceptors (Lipinski definition) is 5. The minimum absolute atomic E-state index is 0.186. The van der Waals surface area contributed by atoms with E-state index in [4.69, 9.17) is 11.6 Å². The molecule has 0 saturated carbocycles. The molecule has 9 heteroatoms. The van der Waals surface area contributed by atoms with Crippen molar-refractivity contribution >= 4 is 38.2 Å². The fraction of sp³-hybridized carbons (Fsp3) is 0. The smallest absolute Gasteiger partial charge is 0.236 e. The highest BCUT2D eigenvalue weighted by molar-refractivity contribution is 7.90. The first-order valence-electron chi connectivity index (χ1n) is 8.33. The number of pyridine rings is 1. The molecule has 0 aliphatic carbocycles. The molecular weight excluding hydrogens is 398 g/mol. The van der Waals surface area contributed by atoms with Gasteiger partial charge in [-0.05, 0) is 30.3 Å². The highest BCUT2D eigenvalue weighted by atomic mass is 35.5. The monoisotopic (exact) mass is 409 g/mol. The van der Waals surface area contributed by atoms with Gasteiger partial charge in [0.25, 0.3) is 10.0 Å². The Morgan fingerprint density at radius 3 is 2.57 bits per heavy atom. The Bertz CT molecular complexity index is 1440. The van der Waals surface area contributed by atoms with Crippen molar-refractivity contribution in [3.8, 4) is 11.1 Å². The third-order valence-corrected chi connectivity index (χ3v) is 6.47. The SMILES string of the molecule is O=S(=O)(c1ccccc1)n1ccc2c(-c3cnn4ncccc34)c(Cl)cnc21. The van der Waals surface area contributed by atoms with E-state index >= 15 is 0 Å². The molecule has 0 fully saturated rings. The van der Waals surface area contributed by atoms with Crippen molar-refractivity contribution in [2.45, 2.75) is 4.90 Å². The van der Waals surface area contributed by atoms with Crippen LogP contribution in [0.5, 0.6) is 0 Å². The molecule has 5 aromatic rings. The van der Waals surface area contributed by atoms with Gasteiger partial charge in [-0.25, -0.2) is 17.4 Å². The summed E-state index contributed by atoms with van der Waals surface area (Å²) in [5.41, 5.74) is 2.47. The molecule has 0 N–H and O–H groups in total. The van der Waals surface area contributed by atoms with Crippen LogP contribution in [0.3, 0.4) is 0 Å². The van der Waals surface area contributed by atoms with Crippen LogP contribution in [-0.2, 0) is 10.0 Å². The zero-order valence-electron chi connectivity index (χ0n) is 14.3. The zero-order chi connectivity index (χ0) is 19.3. The maximum Gasteiger partial charge on any atom is 0.269 e. The first-order chi connectivity index (χ1) is 13.6. The van der Waals surface area contributed by atoms with E-state index in [9.17, 15) is 8.42 Å². The number of aromatic nitrogens is 5. The first kappa shape index (κ1) is 16.9. The Morgan fingerprint density at radius 2 is 1.75 bits per heavy atom. The van der Waals surface area contributed by atoms with Crippen LogP contribution in [0.15, 0.2) is 78.2 Å². The molecule has 0 unspecified atom stereocenters. The van der Waals surface area contributed by atoms with Gasteiger partial charge >= 0.3 is 0 Å². The van der Waals surface area contributed by atoms with Gasteiger partial charge in [0.05, 0.1) is 21.6 Å². The van der Waals surface area contributed by atoms with Crippen molar-refractivity contribution in [3.05, 3.63) is 78.3 Å². The standard InChI is InChI=1S/C19H12ClN5O2S/c20-16-12-21-19-14(18(16)15-11-23-25-17(15)7-4-9-22-25)8-10-24(19)28(26,27)13-5-2-1-3-6-13/h1-12H. The van der Waals surface area contributed by atoms with Gasteiger partial charge in [0.15, 0.2) is 5.65 Å². The summed E-state index contributed by atoms with van der Waals surface area (Å²) in [6.45, 7) is 0. The van der Waals surface area contributed by atoms with E-state index < -0.39 is 10.0 Å². The van der Waals surface area contributed by atoms with Gasteiger partial charge in [0, 0.05) is 35.1 Å². The maximum absolute atomic E-state index is 13.1. The van der Waals surface area contributed by atoms with Gasteiger partial charge in [0.2, 0.25) is 0 Å². The number of hydrogen-bond donors (Lipinski definition) is 0. The molecule has 28 heavy (non-hydrogen) atoms. The highest BCUT2D eigenvalue weighted by Gasteiger charge is 2.23. The van der Waals surface area contributed by atoms with E-state index in [1.54, 1.807) is 54.9 Å². The summed E-state index contributed by atoms with van der Waals surface area (Å²) >= 11 is 6.46. The third kappa shape index (κ3) is 2.42. The van der Waals surface area contributed by atoms with Crippen LogP contribution in [0.25, 0.3) is 27.7 Å². The molecule has 0 aliphatic rings. The molecule has 0 saturated heterocycles. The van der Waals surface area contributed by atoms with Crippen molar-refractivity contribution in [2.75, 3.05) is 0 Å². The van der Waals surface area contributed by atoms with Crippen LogP contribution in [0, 0.1) is 0 Å². The Morgan fingerprint density at radius 1 is 0.929 bits per heavy atom. The second kappa shape index (κ2) is 6.15. The van der Waals surface area contributed by atoms with Gasteiger partial charge in [0.1, 0.15) is 0 Å². The van der Waals surface area contributed by atoms with Crippen LogP contribution in [0.2, 0.25) is 5.02 Å². The molecule has 0 bridgehead atoms. The molecule has 4 heterocycles. The largest absolute Gasteiger partial charge is 0.269 e. The van der Waals surface area contributed by atoms with Gasteiger partial charge in [-0.2, -0.15) is 14.8 Å². The second-order valence-corrected chi connectivity index (χ2v) is 8.33. The van der Waals surface area contributed by atoms with Crippen LogP contribution >= 0.6 is 11.6 Å². The van der Waals surface area contributed by atoms with Crippen molar-refractivity contribution in [2.24, 2.45) is 0 Å². The molecule has 0 atom stereocenters. The van der Waals surface area contributed by atoms with Crippen molar-refractivity contribution in [1.82, 2.24) is 23.8 Å². The van der Waals surface area contributed by atoms with Gasteiger partial charge < -0.3 is 0 Å². The van der Waals surface area contributed by atoms with E-state index in [1.807, 2.05) is 6.07 Å². The second-order valence-electron chi connectivity index (χ2n) is 6.10. The summed E-state index contributed by atoms with van der Waals surface area (Å²) < 4.78 is 28.8. The number of rotatable bonds is 3. The fourth-order valence-electron chi connectivity index (χ4n) is 3.24. The van der Waals surface area contributed by atoms with Crippen molar-refractivity contribution in [3.63, 3.8) is 0 Å². The van der Waals surface area contributed by atoms with Gasteiger partial charge in [-0.15, -0.1) is 0 Å². The summed E-state index contributed by atoms with van der Waals surface area (Å²) in [7, 11) is -3.79. The Balaban J connectivity index is 1.79. The lowest BCUT2D eigenvalue weighted by atomic mass is 10.1. The van der Waals surface area contributed by atoms with Crippen LogP contribution in [0.4, 0.5) is 0 Å². The predicted molar refractivity (Wildman–Crippen MR) is 106 cm³/mol.